The molecule has 0 radical (unpaired) electrons. The molecule has 106 valence electrons. The van der Waals surface area contributed by atoms with Crippen LogP contribution < -0.4 is 11.1 Å². The Morgan fingerprint density at radius 1 is 1.33 bits per heavy atom. The van der Waals surface area contributed by atoms with Crippen molar-refractivity contribution in [1.29, 1.82) is 0 Å². The second kappa shape index (κ2) is 5.20. The summed E-state index contributed by atoms with van der Waals surface area (Å²) in [4.78, 5) is 23.5. The van der Waals surface area contributed by atoms with Crippen molar-refractivity contribution in [3.8, 4) is 0 Å². The molecule has 0 aliphatic rings. The van der Waals surface area contributed by atoms with E-state index in [1.807, 2.05) is 28.8 Å². The molecule has 21 heavy (non-hydrogen) atoms. The number of nitrogen functional groups attached to an aromatic ring is 1. The van der Waals surface area contributed by atoms with Crippen molar-refractivity contribution in [1.82, 2.24) is 19.5 Å². The van der Waals surface area contributed by atoms with E-state index in [1.54, 1.807) is 6.33 Å². The maximum atomic E-state index is 11.1. The molecular formula is C14H14N6O. The summed E-state index contributed by atoms with van der Waals surface area (Å²) in [5, 5.41) is 2.76. The lowest BCUT2D eigenvalue weighted by Crippen LogP contribution is -2.06. The van der Waals surface area contributed by atoms with E-state index in [0.717, 1.165) is 11.3 Å². The molecule has 0 aliphatic carbocycles. The van der Waals surface area contributed by atoms with Gasteiger partial charge in [0.25, 0.3) is 0 Å². The van der Waals surface area contributed by atoms with Crippen molar-refractivity contribution in [2.45, 2.75) is 13.5 Å². The average molecular weight is 282 g/mol. The quantitative estimate of drug-likeness (QED) is 0.756. The molecule has 3 aromatic rings. The van der Waals surface area contributed by atoms with Crippen LogP contribution in [0.15, 0.2) is 36.9 Å². The number of hydrogen-bond acceptors (Lipinski definition) is 5. The SMILES string of the molecule is CC(=O)Nc1cccc(Cn2cnc3c(N)ncnc32)c1. The number of fused-ring (bicyclic) bond motifs is 1. The summed E-state index contributed by atoms with van der Waals surface area (Å²) in [5.41, 5.74) is 8.84. The highest BCUT2D eigenvalue weighted by molar-refractivity contribution is 5.88. The molecule has 2 heterocycles. The molecule has 0 fully saturated rings. The number of hydrogen-bond donors (Lipinski definition) is 2. The molecule has 0 spiro atoms. The zero-order valence-electron chi connectivity index (χ0n) is 11.4. The van der Waals surface area contributed by atoms with Crippen LogP contribution in [0.4, 0.5) is 11.5 Å². The first kappa shape index (κ1) is 13.0. The number of amides is 1. The molecule has 1 aromatic carbocycles. The van der Waals surface area contributed by atoms with Crippen LogP contribution in [-0.4, -0.2) is 25.4 Å². The first-order valence-electron chi connectivity index (χ1n) is 6.41. The van der Waals surface area contributed by atoms with E-state index in [4.69, 9.17) is 5.73 Å². The van der Waals surface area contributed by atoms with Gasteiger partial charge in [-0.15, -0.1) is 0 Å². The Kier molecular flexibility index (Phi) is 3.23. The first-order chi connectivity index (χ1) is 10.1. The number of carbonyl (C=O) groups excluding carboxylic acids is 1. The maximum Gasteiger partial charge on any atom is 0.221 e. The fraction of sp³-hybridized carbons (Fsp3) is 0.143. The van der Waals surface area contributed by atoms with Gasteiger partial charge in [0.15, 0.2) is 11.5 Å². The third-order valence-electron chi connectivity index (χ3n) is 3.03. The molecule has 7 nitrogen and oxygen atoms in total. The summed E-state index contributed by atoms with van der Waals surface area (Å²) in [6.45, 7) is 2.07. The number of anilines is 2. The van der Waals surface area contributed by atoms with Gasteiger partial charge in [0.05, 0.1) is 12.9 Å². The topological polar surface area (TPSA) is 98.7 Å². The molecule has 3 rings (SSSR count). The summed E-state index contributed by atoms with van der Waals surface area (Å²) < 4.78 is 1.89. The van der Waals surface area contributed by atoms with Crippen LogP contribution in [0.25, 0.3) is 11.2 Å². The van der Waals surface area contributed by atoms with Gasteiger partial charge >= 0.3 is 0 Å². The predicted molar refractivity (Wildman–Crippen MR) is 79.6 cm³/mol. The standard InChI is InChI=1S/C14H14N6O/c1-9(21)19-11-4-2-3-10(5-11)6-20-8-18-12-13(15)16-7-17-14(12)20/h2-5,7-8H,6H2,1H3,(H,19,21)(H2,15,16,17). The van der Waals surface area contributed by atoms with Crippen LogP contribution in [-0.2, 0) is 11.3 Å². The highest BCUT2D eigenvalue weighted by atomic mass is 16.1. The minimum absolute atomic E-state index is 0.0965. The van der Waals surface area contributed by atoms with E-state index < -0.39 is 0 Å². The van der Waals surface area contributed by atoms with Crippen molar-refractivity contribution < 1.29 is 4.79 Å². The van der Waals surface area contributed by atoms with Crippen molar-refractivity contribution in [3.63, 3.8) is 0 Å². The minimum atomic E-state index is -0.0965. The molecule has 0 atom stereocenters. The molecule has 3 N–H and O–H groups in total. The Hall–Kier alpha value is -2.96. The number of nitrogens with one attached hydrogen (secondary N) is 1. The number of benzene rings is 1. The summed E-state index contributed by atoms with van der Waals surface area (Å²) in [6, 6.07) is 7.62. The largest absolute Gasteiger partial charge is 0.382 e. The van der Waals surface area contributed by atoms with Gasteiger partial charge in [0, 0.05) is 12.6 Å². The molecule has 0 bridgehead atoms. The van der Waals surface area contributed by atoms with E-state index in [0.29, 0.717) is 23.5 Å². The van der Waals surface area contributed by atoms with Crippen LogP contribution in [0.2, 0.25) is 0 Å². The van der Waals surface area contributed by atoms with Crippen LogP contribution in [0, 0.1) is 0 Å². The van der Waals surface area contributed by atoms with Gasteiger partial charge in [0.2, 0.25) is 5.91 Å². The summed E-state index contributed by atoms with van der Waals surface area (Å²) in [6.07, 6.45) is 3.10. The number of nitrogens with zero attached hydrogens (tertiary/aromatic N) is 4. The van der Waals surface area contributed by atoms with Crippen LogP contribution >= 0.6 is 0 Å². The van der Waals surface area contributed by atoms with Crippen molar-refractivity contribution in [2.24, 2.45) is 0 Å². The number of rotatable bonds is 3. The molecule has 7 heteroatoms. The molecule has 0 aliphatic heterocycles. The minimum Gasteiger partial charge on any atom is -0.382 e. The lowest BCUT2D eigenvalue weighted by Gasteiger charge is -2.07. The predicted octanol–water partition coefficient (Wildman–Crippen LogP) is 1.42. The van der Waals surface area contributed by atoms with Crippen LogP contribution in [0.5, 0.6) is 0 Å². The number of nitrogens with two attached hydrogens (primary N) is 1. The van der Waals surface area contributed by atoms with E-state index in [2.05, 4.69) is 20.3 Å². The monoisotopic (exact) mass is 282 g/mol. The van der Waals surface area contributed by atoms with Gasteiger partial charge in [-0.1, -0.05) is 12.1 Å². The number of carbonyl (C=O) groups is 1. The lowest BCUT2D eigenvalue weighted by molar-refractivity contribution is -0.114. The summed E-state index contributed by atoms with van der Waals surface area (Å²) in [7, 11) is 0. The van der Waals surface area contributed by atoms with Gasteiger partial charge in [0.1, 0.15) is 11.8 Å². The van der Waals surface area contributed by atoms with Gasteiger partial charge in [-0.25, -0.2) is 15.0 Å². The molecule has 0 unspecified atom stereocenters. The fourth-order valence-electron chi connectivity index (χ4n) is 2.16. The first-order valence-corrected chi connectivity index (χ1v) is 6.41. The third kappa shape index (κ3) is 2.66. The van der Waals surface area contributed by atoms with E-state index in [1.165, 1.54) is 13.3 Å². The normalized spacial score (nSPS) is 10.7. The summed E-state index contributed by atoms with van der Waals surface area (Å²) >= 11 is 0. The lowest BCUT2D eigenvalue weighted by atomic mass is 10.2. The van der Waals surface area contributed by atoms with Crippen molar-refractivity contribution in [2.75, 3.05) is 11.1 Å². The van der Waals surface area contributed by atoms with Crippen LogP contribution in [0.1, 0.15) is 12.5 Å². The molecule has 1 amide bonds. The second-order valence-electron chi connectivity index (χ2n) is 4.69. The smallest absolute Gasteiger partial charge is 0.221 e. The maximum absolute atomic E-state index is 11.1. The molecule has 0 saturated heterocycles. The van der Waals surface area contributed by atoms with Crippen molar-refractivity contribution in [3.05, 3.63) is 42.5 Å². The Morgan fingerprint density at radius 3 is 3.00 bits per heavy atom. The second-order valence-corrected chi connectivity index (χ2v) is 4.69. The molecular weight excluding hydrogens is 268 g/mol. The highest BCUT2D eigenvalue weighted by Gasteiger charge is 2.08. The number of aromatic nitrogens is 4. The summed E-state index contributed by atoms with van der Waals surface area (Å²) in [5.74, 6) is 0.270. The van der Waals surface area contributed by atoms with E-state index >= 15 is 0 Å². The Balaban J connectivity index is 1.92. The zero-order chi connectivity index (χ0) is 14.8. The van der Waals surface area contributed by atoms with Crippen molar-refractivity contribution >= 4 is 28.6 Å². The zero-order valence-corrected chi connectivity index (χ0v) is 11.4. The van der Waals surface area contributed by atoms with Crippen LogP contribution in [0.3, 0.4) is 0 Å². The van der Waals surface area contributed by atoms with Gasteiger partial charge in [-0.2, -0.15) is 0 Å². The van der Waals surface area contributed by atoms with Gasteiger partial charge in [-0.05, 0) is 17.7 Å². The highest BCUT2D eigenvalue weighted by Crippen LogP contribution is 2.17. The van der Waals surface area contributed by atoms with E-state index in [9.17, 15) is 4.79 Å². The number of imidazole rings is 1. The fourth-order valence-corrected chi connectivity index (χ4v) is 2.16. The average Bonchev–Trinajstić information content (AvgIpc) is 2.83. The third-order valence-corrected chi connectivity index (χ3v) is 3.03. The Morgan fingerprint density at radius 2 is 2.19 bits per heavy atom. The Labute approximate surface area is 120 Å². The van der Waals surface area contributed by atoms with E-state index in [-0.39, 0.29) is 5.91 Å². The van der Waals surface area contributed by atoms with Gasteiger partial charge < -0.3 is 15.6 Å². The molecule has 0 saturated carbocycles. The Bertz CT molecular complexity index is 810. The molecule has 2 aromatic heterocycles. The van der Waals surface area contributed by atoms with Gasteiger partial charge in [-0.3, -0.25) is 4.79 Å².